The minimum atomic E-state index is -0.627. The first-order valence-corrected chi connectivity index (χ1v) is 9.89. The average Bonchev–Trinajstić information content (AvgIpc) is 3.15. The highest BCUT2D eigenvalue weighted by molar-refractivity contribution is 6.02. The lowest BCUT2D eigenvalue weighted by atomic mass is 10.0. The number of hydrogen-bond donors (Lipinski definition) is 2. The largest absolute Gasteiger partial charge is 0.486 e. The summed E-state index contributed by atoms with van der Waals surface area (Å²) in [6.07, 6.45) is 0.829. The summed E-state index contributed by atoms with van der Waals surface area (Å²) in [5.74, 6) is 1.10. The summed E-state index contributed by atoms with van der Waals surface area (Å²) >= 11 is 0. The number of amides is 3. The van der Waals surface area contributed by atoms with E-state index in [0.717, 1.165) is 17.7 Å². The van der Waals surface area contributed by atoms with Gasteiger partial charge in [0.25, 0.3) is 0 Å². The number of hydrogen-bond acceptors (Lipinski definition) is 4. The van der Waals surface area contributed by atoms with Gasteiger partial charge in [0.15, 0.2) is 11.5 Å². The summed E-state index contributed by atoms with van der Waals surface area (Å²) in [6, 6.07) is 12.1. The number of anilines is 2. The van der Waals surface area contributed by atoms with Crippen LogP contribution < -0.4 is 25.0 Å². The smallest absolute Gasteiger partial charge is 0.319 e. The molecule has 4 rings (SSSR count). The van der Waals surface area contributed by atoms with Crippen molar-refractivity contribution >= 4 is 23.3 Å². The second-order valence-electron chi connectivity index (χ2n) is 7.55. The lowest BCUT2D eigenvalue weighted by molar-refractivity contribution is -0.121. The second-order valence-corrected chi connectivity index (χ2v) is 7.55. The van der Waals surface area contributed by atoms with Crippen molar-refractivity contribution in [2.75, 3.05) is 30.0 Å². The molecule has 7 nitrogen and oxygen atoms in total. The molecule has 2 aliphatic rings. The Bertz CT molecular complexity index is 928. The molecule has 0 unspecified atom stereocenters. The Morgan fingerprint density at radius 3 is 2.59 bits per heavy atom. The van der Waals surface area contributed by atoms with E-state index >= 15 is 0 Å². The van der Waals surface area contributed by atoms with Crippen LogP contribution in [0, 0.1) is 5.92 Å². The zero-order valence-corrected chi connectivity index (χ0v) is 16.6. The van der Waals surface area contributed by atoms with Crippen LogP contribution in [0.4, 0.5) is 16.2 Å². The molecule has 2 aromatic rings. The monoisotopic (exact) mass is 395 g/mol. The number of carbonyl (C=O) groups is 2. The molecular weight excluding hydrogens is 370 g/mol. The number of para-hydroxylation sites is 1. The molecule has 1 atom stereocenters. The van der Waals surface area contributed by atoms with Gasteiger partial charge in [-0.05, 0) is 36.1 Å². The van der Waals surface area contributed by atoms with Gasteiger partial charge in [0.2, 0.25) is 5.91 Å². The van der Waals surface area contributed by atoms with E-state index in [1.165, 1.54) is 0 Å². The summed E-state index contributed by atoms with van der Waals surface area (Å²) in [6.45, 7) is 5.47. The molecule has 0 aliphatic carbocycles. The summed E-state index contributed by atoms with van der Waals surface area (Å²) < 4.78 is 11.0. The normalized spacial score (nSPS) is 15.6. The molecule has 0 spiro atoms. The number of fused-ring (bicyclic) bond motifs is 2. The predicted molar refractivity (Wildman–Crippen MR) is 111 cm³/mol. The molecule has 2 aliphatic heterocycles. The predicted octanol–water partition coefficient (Wildman–Crippen LogP) is 3.19. The number of nitrogens with one attached hydrogen (secondary N) is 2. The quantitative estimate of drug-likeness (QED) is 0.833. The molecule has 0 saturated carbocycles. The first-order chi connectivity index (χ1) is 14.0. The van der Waals surface area contributed by atoms with Crippen molar-refractivity contribution < 1.29 is 19.1 Å². The van der Waals surface area contributed by atoms with E-state index in [0.29, 0.717) is 36.9 Å². The third kappa shape index (κ3) is 3.99. The first-order valence-electron chi connectivity index (χ1n) is 9.89. The first kappa shape index (κ1) is 19.1. The average molecular weight is 395 g/mol. The van der Waals surface area contributed by atoms with Crippen LogP contribution in [0.3, 0.4) is 0 Å². The second kappa shape index (κ2) is 8.03. The zero-order valence-electron chi connectivity index (χ0n) is 16.6. The Morgan fingerprint density at radius 1 is 1.03 bits per heavy atom. The van der Waals surface area contributed by atoms with E-state index in [2.05, 4.69) is 10.6 Å². The van der Waals surface area contributed by atoms with Crippen LogP contribution in [-0.4, -0.2) is 37.7 Å². The number of ether oxygens (including phenoxy) is 2. The van der Waals surface area contributed by atoms with E-state index in [1.54, 1.807) is 23.1 Å². The molecule has 0 saturated heterocycles. The minimum absolute atomic E-state index is 0.0544. The molecule has 0 aromatic heterocycles. The maximum Gasteiger partial charge on any atom is 0.319 e. The van der Waals surface area contributed by atoms with Crippen LogP contribution >= 0.6 is 0 Å². The minimum Gasteiger partial charge on any atom is -0.486 e. The van der Waals surface area contributed by atoms with Gasteiger partial charge in [-0.15, -0.1) is 0 Å². The Hall–Kier alpha value is -3.22. The fourth-order valence-electron chi connectivity index (χ4n) is 3.68. The third-order valence-corrected chi connectivity index (χ3v) is 5.17. The highest BCUT2D eigenvalue weighted by atomic mass is 16.6. The fraction of sp³-hybridized carbons (Fsp3) is 0.364. The lowest BCUT2D eigenvalue weighted by Crippen LogP contribution is -2.52. The van der Waals surface area contributed by atoms with E-state index in [4.69, 9.17) is 9.47 Å². The van der Waals surface area contributed by atoms with E-state index in [9.17, 15) is 9.59 Å². The van der Waals surface area contributed by atoms with Gasteiger partial charge in [0.1, 0.15) is 19.3 Å². The van der Waals surface area contributed by atoms with Crippen molar-refractivity contribution in [3.05, 3.63) is 48.0 Å². The molecule has 29 heavy (non-hydrogen) atoms. The van der Waals surface area contributed by atoms with Crippen LogP contribution in [0.25, 0.3) is 0 Å². The number of carbonyl (C=O) groups excluding carboxylic acids is 2. The van der Waals surface area contributed by atoms with Crippen molar-refractivity contribution in [3.8, 4) is 11.5 Å². The van der Waals surface area contributed by atoms with E-state index in [1.807, 2.05) is 38.1 Å². The van der Waals surface area contributed by atoms with Crippen molar-refractivity contribution in [2.45, 2.75) is 26.3 Å². The molecule has 0 fully saturated rings. The van der Waals surface area contributed by atoms with Crippen LogP contribution in [0.2, 0.25) is 0 Å². The standard InChI is InChI=1S/C22H25N3O4/c1-14(2)20(21(26)25-10-9-15-5-3-4-6-17(15)25)24-22(27)23-16-7-8-18-19(13-16)29-12-11-28-18/h3-8,13-14,20H,9-12H2,1-2H3,(H2,23,24,27)/t20-/m1/s1. The Kier molecular flexibility index (Phi) is 5.29. The molecule has 2 heterocycles. The number of nitrogens with zero attached hydrogens (tertiary/aromatic N) is 1. The summed E-state index contributed by atoms with van der Waals surface area (Å²) in [5, 5.41) is 5.62. The van der Waals surface area contributed by atoms with E-state index < -0.39 is 12.1 Å². The van der Waals surface area contributed by atoms with Crippen molar-refractivity contribution in [3.63, 3.8) is 0 Å². The zero-order chi connectivity index (χ0) is 20.4. The Labute approximate surface area is 170 Å². The van der Waals surface area contributed by atoms with Crippen LogP contribution in [0.1, 0.15) is 19.4 Å². The van der Waals surface area contributed by atoms with Gasteiger partial charge < -0.3 is 25.0 Å². The van der Waals surface area contributed by atoms with E-state index in [-0.39, 0.29) is 11.8 Å². The molecule has 152 valence electrons. The van der Waals surface area contributed by atoms with Gasteiger partial charge in [0.05, 0.1) is 0 Å². The number of urea groups is 1. The summed E-state index contributed by atoms with van der Waals surface area (Å²) in [7, 11) is 0. The lowest BCUT2D eigenvalue weighted by Gasteiger charge is -2.27. The Morgan fingerprint density at radius 2 is 1.79 bits per heavy atom. The Balaban J connectivity index is 1.44. The van der Waals surface area contributed by atoms with Gasteiger partial charge in [-0.1, -0.05) is 32.0 Å². The fourth-order valence-corrected chi connectivity index (χ4v) is 3.68. The molecule has 0 radical (unpaired) electrons. The highest BCUT2D eigenvalue weighted by Crippen LogP contribution is 2.32. The molecule has 0 bridgehead atoms. The molecule has 3 amide bonds. The van der Waals surface area contributed by atoms with Gasteiger partial charge in [0, 0.05) is 24.0 Å². The van der Waals surface area contributed by atoms with Crippen LogP contribution in [0.15, 0.2) is 42.5 Å². The summed E-state index contributed by atoms with van der Waals surface area (Å²) in [4.78, 5) is 27.5. The van der Waals surface area contributed by atoms with Gasteiger partial charge in [-0.3, -0.25) is 4.79 Å². The molecule has 7 heteroatoms. The number of benzene rings is 2. The highest BCUT2D eigenvalue weighted by Gasteiger charge is 2.32. The van der Waals surface area contributed by atoms with Crippen molar-refractivity contribution in [2.24, 2.45) is 5.92 Å². The summed E-state index contributed by atoms with van der Waals surface area (Å²) in [5.41, 5.74) is 2.66. The van der Waals surface area contributed by atoms with Gasteiger partial charge in [-0.2, -0.15) is 0 Å². The molecule has 2 N–H and O–H groups in total. The molecule has 2 aromatic carbocycles. The van der Waals surface area contributed by atoms with Gasteiger partial charge >= 0.3 is 6.03 Å². The SMILES string of the molecule is CC(C)[C@@H](NC(=O)Nc1ccc2c(c1)OCCO2)C(=O)N1CCc2ccccc21. The maximum atomic E-state index is 13.2. The third-order valence-electron chi connectivity index (χ3n) is 5.17. The molecular formula is C22H25N3O4. The van der Waals surface area contributed by atoms with Gasteiger partial charge in [-0.25, -0.2) is 4.79 Å². The number of rotatable bonds is 4. The van der Waals surface area contributed by atoms with Crippen molar-refractivity contribution in [1.82, 2.24) is 5.32 Å². The van der Waals surface area contributed by atoms with Crippen LogP contribution in [0.5, 0.6) is 11.5 Å². The van der Waals surface area contributed by atoms with Crippen LogP contribution in [-0.2, 0) is 11.2 Å². The topological polar surface area (TPSA) is 79.9 Å². The maximum absolute atomic E-state index is 13.2. The van der Waals surface area contributed by atoms with Crippen molar-refractivity contribution in [1.29, 1.82) is 0 Å².